The Morgan fingerprint density at radius 2 is 2.00 bits per heavy atom. The summed E-state index contributed by atoms with van der Waals surface area (Å²) >= 11 is 0. The van der Waals surface area contributed by atoms with Crippen LogP contribution in [0.5, 0.6) is 11.5 Å². The number of H-pyrrole nitrogens is 1. The number of imidazole rings is 1. The van der Waals surface area contributed by atoms with E-state index < -0.39 is 0 Å². The maximum atomic E-state index is 5.50. The van der Waals surface area contributed by atoms with Crippen LogP contribution in [0.15, 0.2) is 24.4 Å². The molecule has 0 saturated heterocycles. The largest absolute Gasteiger partial charge is 0.493 e. The molecular formula is C13H17N3O2. The van der Waals surface area contributed by atoms with Crippen molar-refractivity contribution >= 4 is 0 Å². The molecule has 2 rings (SSSR count). The number of aromatic nitrogens is 2. The van der Waals surface area contributed by atoms with E-state index in [9.17, 15) is 0 Å². The zero-order valence-electron chi connectivity index (χ0n) is 10.6. The first-order valence-electron chi connectivity index (χ1n) is 5.75. The van der Waals surface area contributed by atoms with E-state index in [2.05, 4.69) is 9.97 Å². The summed E-state index contributed by atoms with van der Waals surface area (Å²) in [6, 6.07) is 5.75. The van der Waals surface area contributed by atoms with E-state index in [1.165, 1.54) is 0 Å². The number of nitrogens with two attached hydrogens (primary N) is 1. The highest BCUT2D eigenvalue weighted by Crippen LogP contribution is 2.31. The molecule has 3 N–H and O–H groups in total. The lowest BCUT2D eigenvalue weighted by Crippen LogP contribution is -2.03. The fraction of sp³-hybridized carbons (Fsp3) is 0.308. The zero-order chi connectivity index (χ0) is 13.0. The highest BCUT2D eigenvalue weighted by atomic mass is 16.5. The van der Waals surface area contributed by atoms with Crippen molar-refractivity contribution in [2.75, 3.05) is 20.8 Å². The van der Waals surface area contributed by atoms with Crippen molar-refractivity contribution in [1.82, 2.24) is 9.97 Å². The number of hydrogen-bond donors (Lipinski definition) is 2. The van der Waals surface area contributed by atoms with E-state index in [-0.39, 0.29) is 0 Å². The summed E-state index contributed by atoms with van der Waals surface area (Å²) in [4.78, 5) is 7.50. The van der Waals surface area contributed by atoms with Crippen LogP contribution in [0.2, 0.25) is 0 Å². The standard InChI is InChI=1S/C13H17N3O2/c1-17-11-4-3-9(7-12(11)18-2)10-8-15-13(16-10)5-6-14/h3-4,7-8H,5-6,14H2,1-2H3,(H,15,16). The molecule has 0 amide bonds. The van der Waals surface area contributed by atoms with Gasteiger partial charge in [-0.3, -0.25) is 0 Å². The van der Waals surface area contributed by atoms with Crippen LogP contribution in [-0.4, -0.2) is 30.7 Å². The Morgan fingerprint density at radius 1 is 1.22 bits per heavy atom. The molecule has 0 bridgehead atoms. The average molecular weight is 247 g/mol. The second-order valence-electron chi connectivity index (χ2n) is 3.85. The van der Waals surface area contributed by atoms with Gasteiger partial charge in [-0.25, -0.2) is 4.98 Å². The fourth-order valence-corrected chi connectivity index (χ4v) is 1.78. The van der Waals surface area contributed by atoms with Gasteiger partial charge in [0.05, 0.1) is 26.1 Å². The number of benzene rings is 1. The molecule has 0 saturated carbocycles. The van der Waals surface area contributed by atoms with Crippen molar-refractivity contribution in [3.05, 3.63) is 30.2 Å². The number of rotatable bonds is 5. The molecule has 96 valence electrons. The van der Waals surface area contributed by atoms with Gasteiger partial charge in [0.15, 0.2) is 11.5 Å². The Kier molecular flexibility index (Phi) is 3.84. The minimum atomic E-state index is 0.582. The fourth-order valence-electron chi connectivity index (χ4n) is 1.78. The van der Waals surface area contributed by atoms with Crippen molar-refractivity contribution < 1.29 is 9.47 Å². The summed E-state index contributed by atoms with van der Waals surface area (Å²) in [5.41, 5.74) is 7.44. The highest BCUT2D eigenvalue weighted by molar-refractivity contribution is 5.63. The number of nitrogens with zero attached hydrogens (tertiary/aromatic N) is 1. The van der Waals surface area contributed by atoms with Crippen LogP contribution in [0, 0.1) is 0 Å². The Labute approximate surface area is 106 Å². The first-order chi connectivity index (χ1) is 8.78. The Balaban J connectivity index is 2.31. The quantitative estimate of drug-likeness (QED) is 0.841. The molecule has 0 aliphatic heterocycles. The maximum Gasteiger partial charge on any atom is 0.161 e. The molecule has 1 aromatic heterocycles. The third-order valence-electron chi connectivity index (χ3n) is 2.70. The molecule has 0 fully saturated rings. The van der Waals surface area contributed by atoms with E-state index >= 15 is 0 Å². The average Bonchev–Trinajstić information content (AvgIpc) is 2.87. The third kappa shape index (κ3) is 2.46. The van der Waals surface area contributed by atoms with Crippen LogP contribution in [-0.2, 0) is 6.42 Å². The number of aromatic amines is 1. The van der Waals surface area contributed by atoms with Crippen molar-refractivity contribution in [2.45, 2.75) is 6.42 Å². The molecule has 0 aliphatic rings. The van der Waals surface area contributed by atoms with E-state index in [4.69, 9.17) is 15.2 Å². The monoisotopic (exact) mass is 247 g/mol. The van der Waals surface area contributed by atoms with E-state index in [0.717, 1.165) is 23.5 Å². The molecule has 0 atom stereocenters. The topological polar surface area (TPSA) is 73.2 Å². The maximum absolute atomic E-state index is 5.50. The first kappa shape index (κ1) is 12.4. The second kappa shape index (κ2) is 5.55. The van der Waals surface area contributed by atoms with Crippen LogP contribution in [0.3, 0.4) is 0 Å². The summed E-state index contributed by atoms with van der Waals surface area (Å²) < 4.78 is 10.5. The molecule has 1 heterocycles. The van der Waals surface area contributed by atoms with Crippen LogP contribution in [0.25, 0.3) is 11.3 Å². The van der Waals surface area contributed by atoms with Crippen LogP contribution >= 0.6 is 0 Å². The summed E-state index contributed by atoms with van der Waals surface area (Å²) in [6.07, 6.45) is 2.54. The van der Waals surface area contributed by atoms with Gasteiger partial charge in [0.25, 0.3) is 0 Å². The van der Waals surface area contributed by atoms with Crippen molar-refractivity contribution in [3.8, 4) is 22.8 Å². The smallest absolute Gasteiger partial charge is 0.161 e. The number of ether oxygens (including phenoxy) is 2. The lowest BCUT2D eigenvalue weighted by molar-refractivity contribution is 0.355. The lowest BCUT2D eigenvalue weighted by Gasteiger charge is -2.08. The second-order valence-corrected chi connectivity index (χ2v) is 3.85. The van der Waals surface area contributed by atoms with Crippen LogP contribution in [0.1, 0.15) is 5.82 Å². The molecule has 5 heteroatoms. The lowest BCUT2D eigenvalue weighted by atomic mass is 10.1. The predicted molar refractivity (Wildman–Crippen MR) is 69.9 cm³/mol. The van der Waals surface area contributed by atoms with Gasteiger partial charge >= 0.3 is 0 Å². The van der Waals surface area contributed by atoms with E-state index in [1.54, 1.807) is 20.4 Å². The van der Waals surface area contributed by atoms with Crippen LogP contribution < -0.4 is 15.2 Å². The van der Waals surface area contributed by atoms with Gasteiger partial charge in [-0.15, -0.1) is 0 Å². The molecule has 0 spiro atoms. The Morgan fingerprint density at radius 3 is 2.67 bits per heavy atom. The van der Waals surface area contributed by atoms with Crippen LogP contribution in [0.4, 0.5) is 0 Å². The van der Waals surface area contributed by atoms with Gasteiger partial charge in [-0.1, -0.05) is 0 Å². The summed E-state index contributed by atoms with van der Waals surface area (Å²) in [5.74, 6) is 2.30. The van der Waals surface area contributed by atoms with Crippen molar-refractivity contribution in [1.29, 1.82) is 0 Å². The normalized spacial score (nSPS) is 10.4. The Hall–Kier alpha value is -2.01. The first-order valence-corrected chi connectivity index (χ1v) is 5.75. The molecule has 2 aromatic rings. The van der Waals surface area contributed by atoms with Gasteiger partial charge in [0.2, 0.25) is 0 Å². The van der Waals surface area contributed by atoms with Gasteiger partial charge in [-0.2, -0.15) is 0 Å². The molecule has 1 aromatic carbocycles. The SMILES string of the molecule is COc1ccc(-c2cnc(CCN)[nH]2)cc1OC. The molecular weight excluding hydrogens is 230 g/mol. The molecule has 0 radical (unpaired) electrons. The summed E-state index contributed by atoms with van der Waals surface area (Å²) in [7, 11) is 3.24. The third-order valence-corrected chi connectivity index (χ3v) is 2.70. The number of hydrogen-bond acceptors (Lipinski definition) is 4. The van der Waals surface area contributed by atoms with Crippen molar-refractivity contribution in [2.24, 2.45) is 5.73 Å². The van der Waals surface area contributed by atoms with Gasteiger partial charge in [0.1, 0.15) is 5.82 Å². The van der Waals surface area contributed by atoms with Gasteiger partial charge in [-0.05, 0) is 24.7 Å². The Bertz CT molecular complexity index is 523. The van der Waals surface area contributed by atoms with Gasteiger partial charge in [0, 0.05) is 12.0 Å². The molecule has 0 unspecified atom stereocenters. The minimum Gasteiger partial charge on any atom is -0.493 e. The molecule has 5 nitrogen and oxygen atoms in total. The summed E-state index contributed by atoms with van der Waals surface area (Å²) in [6.45, 7) is 0.582. The number of nitrogens with one attached hydrogen (secondary N) is 1. The molecule has 18 heavy (non-hydrogen) atoms. The van der Waals surface area contributed by atoms with E-state index in [0.29, 0.717) is 18.0 Å². The van der Waals surface area contributed by atoms with E-state index in [1.807, 2.05) is 18.2 Å². The number of methoxy groups -OCH3 is 2. The minimum absolute atomic E-state index is 0.582. The summed E-state index contributed by atoms with van der Waals surface area (Å²) in [5, 5.41) is 0. The zero-order valence-corrected chi connectivity index (χ0v) is 10.6. The molecule has 0 aliphatic carbocycles. The highest BCUT2D eigenvalue weighted by Gasteiger charge is 2.08. The predicted octanol–water partition coefficient (Wildman–Crippen LogP) is 1.60. The van der Waals surface area contributed by atoms with Crippen molar-refractivity contribution in [3.63, 3.8) is 0 Å². The van der Waals surface area contributed by atoms with Gasteiger partial charge < -0.3 is 20.2 Å².